The van der Waals surface area contributed by atoms with E-state index in [4.69, 9.17) is 0 Å². The van der Waals surface area contributed by atoms with Crippen molar-refractivity contribution in [2.45, 2.75) is 12.8 Å². The van der Waals surface area contributed by atoms with Crippen LogP contribution in [-0.2, 0) is 0 Å². The van der Waals surface area contributed by atoms with Gasteiger partial charge in [0.1, 0.15) is 0 Å². The van der Waals surface area contributed by atoms with Crippen LogP contribution < -0.4 is 10.2 Å². The van der Waals surface area contributed by atoms with Gasteiger partial charge in [-0.25, -0.2) is 9.97 Å². The molecule has 1 aromatic carbocycles. The number of amides is 1. The highest BCUT2D eigenvalue weighted by atomic mass is 127. The maximum Gasteiger partial charge on any atom is 0.255 e. The summed E-state index contributed by atoms with van der Waals surface area (Å²) in [6, 6.07) is 7.45. The topological polar surface area (TPSA) is 58.1 Å². The van der Waals surface area contributed by atoms with E-state index >= 15 is 0 Å². The summed E-state index contributed by atoms with van der Waals surface area (Å²) in [6.07, 6.45) is 5.70. The van der Waals surface area contributed by atoms with Crippen LogP contribution in [0.15, 0.2) is 36.7 Å². The first-order valence-electron chi connectivity index (χ1n) is 6.86. The number of hydrogen-bond acceptors (Lipinski definition) is 4. The maximum absolute atomic E-state index is 12.1. The van der Waals surface area contributed by atoms with Crippen LogP contribution in [0.2, 0.25) is 0 Å². The zero-order chi connectivity index (χ0) is 14.7. The monoisotopic (exact) mass is 394 g/mol. The molecular weight excluding hydrogens is 379 g/mol. The van der Waals surface area contributed by atoms with Gasteiger partial charge in [0.05, 0.1) is 18.1 Å². The predicted octanol–water partition coefficient (Wildman–Crippen LogP) is 2.93. The predicted molar refractivity (Wildman–Crippen MR) is 90.6 cm³/mol. The number of hydrogen-bond donors (Lipinski definition) is 1. The van der Waals surface area contributed by atoms with Gasteiger partial charge in [0.2, 0.25) is 5.95 Å². The SMILES string of the molecule is O=C(Nc1cnc(N2CCCC2)nc1)c1cccc(I)c1. The van der Waals surface area contributed by atoms with Crippen molar-refractivity contribution in [3.8, 4) is 0 Å². The molecule has 21 heavy (non-hydrogen) atoms. The van der Waals surface area contributed by atoms with Gasteiger partial charge in [-0.2, -0.15) is 0 Å². The van der Waals surface area contributed by atoms with Crippen molar-refractivity contribution in [3.63, 3.8) is 0 Å². The van der Waals surface area contributed by atoms with Crippen LogP contribution >= 0.6 is 22.6 Å². The highest BCUT2D eigenvalue weighted by molar-refractivity contribution is 14.1. The molecule has 0 radical (unpaired) electrons. The van der Waals surface area contributed by atoms with Gasteiger partial charge < -0.3 is 10.2 Å². The van der Waals surface area contributed by atoms with E-state index in [1.54, 1.807) is 18.5 Å². The smallest absolute Gasteiger partial charge is 0.255 e. The second-order valence-corrected chi connectivity index (χ2v) is 6.18. The Kier molecular flexibility index (Phi) is 4.33. The molecule has 1 N–H and O–H groups in total. The number of aromatic nitrogens is 2. The van der Waals surface area contributed by atoms with Crippen LogP contribution in [0, 0.1) is 3.57 Å². The molecule has 1 amide bonds. The Morgan fingerprint density at radius 2 is 1.90 bits per heavy atom. The number of rotatable bonds is 3. The van der Waals surface area contributed by atoms with Crippen molar-refractivity contribution in [3.05, 3.63) is 45.8 Å². The Bertz CT molecular complexity index is 638. The van der Waals surface area contributed by atoms with Gasteiger partial charge in [0.15, 0.2) is 0 Å². The average Bonchev–Trinajstić information content (AvgIpc) is 3.02. The minimum atomic E-state index is -0.147. The van der Waals surface area contributed by atoms with Crippen molar-refractivity contribution >= 4 is 40.1 Å². The molecule has 108 valence electrons. The number of carbonyl (C=O) groups excluding carboxylic acids is 1. The largest absolute Gasteiger partial charge is 0.341 e. The van der Waals surface area contributed by atoms with Gasteiger partial charge in [-0.3, -0.25) is 4.79 Å². The van der Waals surface area contributed by atoms with E-state index in [-0.39, 0.29) is 5.91 Å². The lowest BCUT2D eigenvalue weighted by atomic mass is 10.2. The lowest BCUT2D eigenvalue weighted by Gasteiger charge is -2.14. The molecule has 5 nitrogen and oxygen atoms in total. The molecule has 0 aliphatic carbocycles. The Labute approximate surface area is 136 Å². The lowest BCUT2D eigenvalue weighted by Crippen LogP contribution is -2.20. The summed E-state index contributed by atoms with van der Waals surface area (Å²) < 4.78 is 1.03. The van der Waals surface area contributed by atoms with E-state index in [1.807, 2.05) is 18.2 Å². The molecule has 1 aliphatic heterocycles. The maximum atomic E-state index is 12.1. The zero-order valence-corrected chi connectivity index (χ0v) is 13.6. The third kappa shape index (κ3) is 3.49. The third-order valence-electron chi connectivity index (χ3n) is 3.37. The molecule has 0 atom stereocenters. The van der Waals surface area contributed by atoms with Gasteiger partial charge >= 0.3 is 0 Å². The summed E-state index contributed by atoms with van der Waals surface area (Å²) in [4.78, 5) is 22.9. The summed E-state index contributed by atoms with van der Waals surface area (Å²) in [5, 5.41) is 2.82. The molecule has 3 rings (SSSR count). The fraction of sp³-hybridized carbons (Fsp3) is 0.267. The van der Waals surface area contributed by atoms with Gasteiger partial charge in [-0.05, 0) is 53.6 Å². The average molecular weight is 394 g/mol. The molecule has 6 heteroatoms. The van der Waals surface area contributed by atoms with Crippen molar-refractivity contribution in [2.24, 2.45) is 0 Å². The van der Waals surface area contributed by atoms with E-state index in [1.165, 1.54) is 12.8 Å². The molecule has 2 heterocycles. The van der Waals surface area contributed by atoms with Crippen molar-refractivity contribution in [2.75, 3.05) is 23.3 Å². The van der Waals surface area contributed by atoms with E-state index in [2.05, 4.69) is 42.8 Å². The van der Waals surface area contributed by atoms with Crippen LogP contribution in [0.25, 0.3) is 0 Å². The van der Waals surface area contributed by atoms with Crippen LogP contribution in [0.4, 0.5) is 11.6 Å². The van der Waals surface area contributed by atoms with E-state index in [9.17, 15) is 4.79 Å². The molecule has 1 aliphatic rings. The molecule has 2 aromatic rings. The first-order chi connectivity index (χ1) is 10.2. The van der Waals surface area contributed by atoms with Crippen molar-refractivity contribution < 1.29 is 4.79 Å². The highest BCUT2D eigenvalue weighted by Gasteiger charge is 2.14. The van der Waals surface area contributed by atoms with Crippen molar-refractivity contribution in [1.82, 2.24) is 9.97 Å². The summed E-state index contributed by atoms with van der Waals surface area (Å²) >= 11 is 2.19. The fourth-order valence-electron chi connectivity index (χ4n) is 2.30. The Morgan fingerprint density at radius 3 is 2.57 bits per heavy atom. The Hall–Kier alpha value is -1.70. The molecule has 1 fully saturated rings. The number of halogens is 1. The zero-order valence-electron chi connectivity index (χ0n) is 11.4. The third-order valence-corrected chi connectivity index (χ3v) is 4.04. The van der Waals surface area contributed by atoms with Crippen LogP contribution in [-0.4, -0.2) is 29.0 Å². The second kappa shape index (κ2) is 6.38. The van der Waals surface area contributed by atoms with Crippen molar-refractivity contribution in [1.29, 1.82) is 0 Å². The number of carbonyl (C=O) groups is 1. The summed E-state index contributed by atoms with van der Waals surface area (Å²) in [5.74, 6) is 0.589. The first kappa shape index (κ1) is 14.2. The second-order valence-electron chi connectivity index (χ2n) is 4.93. The lowest BCUT2D eigenvalue weighted by molar-refractivity contribution is 0.102. The van der Waals surface area contributed by atoms with E-state index < -0.39 is 0 Å². The standard InChI is InChI=1S/C15H15IN4O/c16-12-5-3-4-11(8-12)14(21)19-13-9-17-15(18-10-13)20-6-1-2-7-20/h3-5,8-10H,1-2,6-7H2,(H,19,21). The summed E-state index contributed by atoms with van der Waals surface area (Å²) in [6.45, 7) is 2.02. The molecule has 1 saturated heterocycles. The van der Waals surface area contributed by atoms with E-state index in [0.29, 0.717) is 11.3 Å². The normalized spacial score (nSPS) is 14.2. The molecule has 0 spiro atoms. The summed E-state index contributed by atoms with van der Waals surface area (Å²) in [7, 11) is 0. The van der Waals surface area contributed by atoms with Crippen LogP contribution in [0.5, 0.6) is 0 Å². The number of anilines is 2. The van der Waals surface area contributed by atoms with Crippen LogP contribution in [0.1, 0.15) is 23.2 Å². The first-order valence-corrected chi connectivity index (χ1v) is 7.94. The minimum absolute atomic E-state index is 0.147. The Balaban J connectivity index is 1.68. The van der Waals surface area contributed by atoms with Gasteiger partial charge in [0, 0.05) is 22.2 Å². The molecule has 0 bridgehead atoms. The molecule has 1 aromatic heterocycles. The molecule has 0 saturated carbocycles. The molecular formula is C15H15IN4O. The number of benzene rings is 1. The highest BCUT2D eigenvalue weighted by Crippen LogP contribution is 2.16. The van der Waals surface area contributed by atoms with Gasteiger partial charge in [-0.1, -0.05) is 6.07 Å². The van der Waals surface area contributed by atoms with Gasteiger partial charge in [0.25, 0.3) is 5.91 Å². The van der Waals surface area contributed by atoms with Gasteiger partial charge in [-0.15, -0.1) is 0 Å². The Morgan fingerprint density at radius 1 is 1.19 bits per heavy atom. The number of nitrogens with one attached hydrogen (secondary N) is 1. The molecule has 0 unspecified atom stereocenters. The summed E-state index contributed by atoms with van der Waals surface area (Å²) in [5.41, 5.74) is 1.24. The number of nitrogens with zero attached hydrogens (tertiary/aromatic N) is 3. The minimum Gasteiger partial charge on any atom is -0.341 e. The van der Waals surface area contributed by atoms with E-state index in [0.717, 1.165) is 22.6 Å². The van der Waals surface area contributed by atoms with Crippen LogP contribution in [0.3, 0.4) is 0 Å². The fourth-order valence-corrected chi connectivity index (χ4v) is 2.84. The quantitative estimate of drug-likeness (QED) is 0.814.